The lowest BCUT2D eigenvalue weighted by molar-refractivity contribution is 0.282. The molecule has 0 spiro atoms. The van der Waals surface area contributed by atoms with Gasteiger partial charge in [-0.15, -0.1) is 0 Å². The van der Waals surface area contributed by atoms with Gasteiger partial charge in [0.2, 0.25) is 0 Å². The second kappa shape index (κ2) is 9.27. The fraction of sp³-hybridized carbons (Fsp3) is 0.100. The van der Waals surface area contributed by atoms with E-state index >= 15 is 0 Å². The zero-order chi connectivity index (χ0) is 25.7. The number of nitrogens with zero attached hydrogens (tertiary/aromatic N) is 4. The van der Waals surface area contributed by atoms with Crippen LogP contribution in [0.25, 0.3) is 55.4 Å². The van der Waals surface area contributed by atoms with Crippen LogP contribution in [0.15, 0.2) is 79.1 Å². The molecule has 7 heteroatoms. The average Bonchev–Trinajstić information content (AvgIpc) is 3.29. The van der Waals surface area contributed by atoms with Crippen LogP contribution in [0.1, 0.15) is 11.1 Å². The summed E-state index contributed by atoms with van der Waals surface area (Å²) in [6.07, 6.45) is 3.60. The molecule has 3 heterocycles. The van der Waals surface area contributed by atoms with Crippen molar-refractivity contribution in [2.24, 2.45) is 7.05 Å². The number of fused-ring (bicyclic) bond motifs is 2. The van der Waals surface area contributed by atoms with Gasteiger partial charge in [-0.3, -0.25) is 9.67 Å². The molecule has 6 aromatic rings. The maximum atomic E-state index is 10.3. The van der Waals surface area contributed by atoms with E-state index in [1.807, 2.05) is 73.4 Å². The molecule has 182 valence electrons. The van der Waals surface area contributed by atoms with E-state index in [0.717, 1.165) is 60.9 Å². The summed E-state index contributed by atoms with van der Waals surface area (Å²) in [7, 11) is 1.93. The van der Waals surface area contributed by atoms with Gasteiger partial charge in [-0.1, -0.05) is 53.5 Å². The van der Waals surface area contributed by atoms with E-state index in [-0.39, 0.29) is 6.61 Å². The van der Waals surface area contributed by atoms with E-state index in [0.29, 0.717) is 15.7 Å². The Hall–Kier alpha value is -3.77. The predicted octanol–water partition coefficient (Wildman–Crippen LogP) is 7.63. The number of aryl methyl sites for hydroxylation is 1. The first-order chi connectivity index (χ1) is 17.9. The summed E-state index contributed by atoms with van der Waals surface area (Å²) in [5.41, 5.74) is 8.66. The maximum Gasteiger partial charge on any atom is 0.0763 e. The number of hydrogen-bond acceptors (Lipinski definition) is 4. The molecule has 3 aromatic heterocycles. The van der Waals surface area contributed by atoms with Crippen molar-refractivity contribution in [1.82, 2.24) is 19.7 Å². The van der Waals surface area contributed by atoms with Crippen molar-refractivity contribution in [2.75, 3.05) is 0 Å². The summed E-state index contributed by atoms with van der Waals surface area (Å²) in [4.78, 5) is 9.54. The van der Waals surface area contributed by atoms with E-state index < -0.39 is 0 Å². The molecule has 0 aliphatic heterocycles. The minimum Gasteiger partial charge on any atom is -0.392 e. The molecule has 0 amide bonds. The molecule has 0 saturated heterocycles. The molecule has 0 atom stereocenters. The number of aromatic nitrogens is 4. The Morgan fingerprint density at radius 2 is 1.70 bits per heavy atom. The van der Waals surface area contributed by atoms with Gasteiger partial charge in [0.15, 0.2) is 0 Å². The standard InChI is InChI=1S/C30H22Cl2N4O/c1-17-28(32)24-13-18(23-10-11-33-30(25(23)16-37)19-4-3-5-22(31)12-19)8-9-26(24)35-29(17)20-6-7-21-15-34-36(2)27(21)14-20/h3-15,37H,16H2,1-2H3. The van der Waals surface area contributed by atoms with Crippen molar-refractivity contribution in [2.45, 2.75) is 13.5 Å². The van der Waals surface area contributed by atoms with Gasteiger partial charge in [0, 0.05) is 45.7 Å². The minimum atomic E-state index is -0.163. The van der Waals surface area contributed by atoms with Gasteiger partial charge in [0.05, 0.1) is 40.2 Å². The van der Waals surface area contributed by atoms with Gasteiger partial charge in [-0.25, -0.2) is 4.98 Å². The summed E-state index contributed by atoms with van der Waals surface area (Å²) in [5.74, 6) is 0. The Balaban J connectivity index is 1.49. The number of hydrogen-bond donors (Lipinski definition) is 1. The van der Waals surface area contributed by atoms with Crippen LogP contribution in [0.3, 0.4) is 0 Å². The highest BCUT2D eigenvalue weighted by Crippen LogP contribution is 2.38. The molecule has 3 aromatic carbocycles. The van der Waals surface area contributed by atoms with Crippen LogP contribution in [0.5, 0.6) is 0 Å². The fourth-order valence-corrected chi connectivity index (χ4v) is 5.30. The van der Waals surface area contributed by atoms with E-state index in [4.69, 9.17) is 28.2 Å². The number of rotatable bonds is 4. The quantitative estimate of drug-likeness (QED) is 0.257. The number of aliphatic hydroxyl groups excluding tert-OH is 1. The number of aliphatic hydroxyl groups is 1. The Morgan fingerprint density at radius 1 is 0.892 bits per heavy atom. The van der Waals surface area contributed by atoms with Crippen molar-refractivity contribution in [3.63, 3.8) is 0 Å². The second-order valence-electron chi connectivity index (χ2n) is 9.03. The summed E-state index contributed by atoms with van der Waals surface area (Å²) < 4.78 is 1.86. The van der Waals surface area contributed by atoms with Crippen LogP contribution in [0.2, 0.25) is 10.0 Å². The molecule has 37 heavy (non-hydrogen) atoms. The van der Waals surface area contributed by atoms with Crippen molar-refractivity contribution >= 4 is 45.0 Å². The molecule has 0 bridgehead atoms. The van der Waals surface area contributed by atoms with E-state index in [2.05, 4.69) is 28.3 Å². The molecular weight excluding hydrogens is 503 g/mol. The first-order valence-electron chi connectivity index (χ1n) is 11.8. The van der Waals surface area contributed by atoms with Gasteiger partial charge in [-0.2, -0.15) is 5.10 Å². The molecule has 0 fully saturated rings. The Kier molecular flexibility index (Phi) is 5.92. The second-order valence-corrected chi connectivity index (χ2v) is 9.84. The topological polar surface area (TPSA) is 63.8 Å². The Morgan fingerprint density at radius 3 is 2.51 bits per heavy atom. The third-order valence-corrected chi connectivity index (χ3v) is 7.52. The molecule has 0 aliphatic carbocycles. The molecule has 6 rings (SSSR count). The normalized spacial score (nSPS) is 11.5. The van der Waals surface area contributed by atoms with Crippen LogP contribution in [0, 0.1) is 6.92 Å². The third-order valence-electron chi connectivity index (χ3n) is 6.80. The molecule has 1 N–H and O–H groups in total. The monoisotopic (exact) mass is 524 g/mol. The van der Waals surface area contributed by atoms with Crippen LogP contribution in [-0.4, -0.2) is 24.9 Å². The zero-order valence-corrected chi connectivity index (χ0v) is 21.7. The molecule has 5 nitrogen and oxygen atoms in total. The van der Waals surface area contributed by atoms with Crippen molar-refractivity contribution in [1.29, 1.82) is 0 Å². The SMILES string of the molecule is Cc1c(-c2ccc3cnn(C)c3c2)nc2ccc(-c3ccnc(-c4cccc(Cl)c4)c3CO)cc2c1Cl. The summed E-state index contributed by atoms with van der Waals surface area (Å²) >= 11 is 13.2. The highest BCUT2D eigenvalue weighted by molar-refractivity contribution is 6.36. The average molecular weight is 525 g/mol. The van der Waals surface area contributed by atoms with Crippen LogP contribution in [0.4, 0.5) is 0 Å². The van der Waals surface area contributed by atoms with Gasteiger partial charge in [0.25, 0.3) is 0 Å². The van der Waals surface area contributed by atoms with Crippen LogP contribution < -0.4 is 0 Å². The smallest absolute Gasteiger partial charge is 0.0763 e. The van der Waals surface area contributed by atoms with Gasteiger partial charge in [0.1, 0.15) is 0 Å². The third kappa shape index (κ3) is 4.05. The molecule has 0 aliphatic rings. The van der Waals surface area contributed by atoms with Crippen LogP contribution >= 0.6 is 23.2 Å². The van der Waals surface area contributed by atoms with Gasteiger partial charge < -0.3 is 5.11 Å². The number of halogens is 2. The number of pyridine rings is 2. The summed E-state index contributed by atoms with van der Waals surface area (Å²) in [6.45, 7) is 1.83. The fourth-order valence-electron chi connectivity index (χ4n) is 4.87. The zero-order valence-electron chi connectivity index (χ0n) is 20.2. The van der Waals surface area contributed by atoms with E-state index in [9.17, 15) is 5.11 Å². The molecule has 0 radical (unpaired) electrons. The molecular formula is C30H22Cl2N4O. The lowest BCUT2D eigenvalue weighted by Crippen LogP contribution is -1.98. The van der Waals surface area contributed by atoms with E-state index in [1.54, 1.807) is 6.20 Å². The maximum absolute atomic E-state index is 10.3. The van der Waals surface area contributed by atoms with Crippen LogP contribution in [-0.2, 0) is 13.7 Å². The van der Waals surface area contributed by atoms with Gasteiger partial charge >= 0.3 is 0 Å². The summed E-state index contributed by atoms with van der Waals surface area (Å²) in [5, 5.41) is 17.9. The summed E-state index contributed by atoms with van der Waals surface area (Å²) in [6, 6.07) is 21.6. The van der Waals surface area contributed by atoms with E-state index in [1.165, 1.54) is 0 Å². The first-order valence-corrected chi connectivity index (χ1v) is 12.6. The highest BCUT2D eigenvalue weighted by Gasteiger charge is 2.17. The van der Waals surface area contributed by atoms with Crippen molar-refractivity contribution in [3.05, 3.63) is 100 Å². The Labute approximate surface area is 224 Å². The Bertz CT molecular complexity index is 1830. The lowest BCUT2D eigenvalue weighted by Gasteiger charge is -2.15. The van der Waals surface area contributed by atoms with Crippen molar-refractivity contribution in [3.8, 4) is 33.6 Å². The van der Waals surface area contributed by atoms with Crippen molar-refractivity contribution < 1.29 is 5.11 Å². The first kappa shape index (κ1) is 23.6. The predicted molar refractivity (Wildman–Crippen MR) is 151 cm³/mol. The number of benzene rings is 3. The minimum absolute atomic E-state index is 0.163. The molecule has 0 unspecified atom stereocenters. The lowest BCUT2D eigenvalue weighted by atomic mass is 9.95. The van der Waals surface area contributed by atoms with Gasteiger partial charge in [-0.05, 0) is 60.0 Å². The molecule has 0 saturated carbocycles. The largest absolute Gasteiger partial charge is 0.392 e. The highest BCUT2D eigenvalue weighted by atomic mass is 35.5.